The summed E-state index contributed by atoms with van der Waals surface area (Å²) in [6, 6.07) is 8.75. The Morgan fingerprint density at radius 1 is 1.16 bits per heavy atom. The molecule has 2 aromatic rings. The van der Waals surface area contributed by atoms with Crippen LogP contribution in [0.2, 0.25) is 0 Å². The van der Waals surface area contributed by atoms with E-state index >= 15 is 0 Å². The number of rotatable bonds is 7. The summed E-state index contributed by atoms with van der Waals surface area (Å²) in [6.45, 7) is -2.76. The fourth-order valence-electron chi connectivity index (χ4n) is 2.11. The van der Waals surface area contributed by atoms with E-state index in [9.17, 15) is 18.0 Å². The second-order valence-corrected chi connectivity index (χ2v) is 5.92. The molecule has 134 valence electrons. The first-order valence-electron chi connectivity index (χ1n) is 7.21. The highest BCUT2D eigenvalue weighted by Gasteiger charge is 2.12. The molecular weight excluding hydrogens is 403 g/mol. The molecule has 0 fully saturated rings. The molecule has 0 aliphatic rings. The van der Waals surface area contributed by atoms with Crippen LogP contribution in [0.1, 0.15) is 11.1 Å². The molecule has 0 aliphatic heterocycles. The highest BCUT2D eigenvalue weighted by molar-refractivity contribution is 9.10. The van der Waals surface area contributed by atoms with Gasteiger partial charge in [-0.1, -0.05) is 12.1 Å². The maximum atomic E-state index is 13.2. The molecular formula is C17H15BrF3NO3. The number of carbonyl (C=O) groups is 1. The molecule has 4 nitrogen and oxygen atoms in total. The molecule has 0 saturated heterocycles. The van der Waals surface area contributed by atoms with Gasteiger partial charge >= 0.3 is 6.61 Å². The van der Waals surface area contributed by atoms with Crippen LogP contribution in [-0.2, 0) is 17.8 Å². The van der Waals surface area contributed by atoms with Gasteiger partial charge in [0.05, 0.1) is 18.0 Å². The van der Waals surface area contributed by atoms with E-state index in [2.05, 4.69) is 26.0 Å². The summed E-state index contributed by atoms with van der Waals surface area (Å²) >= 11 is 3.07. The van der Waals surface area contributed by atoms with Gasteiger partial charge < -0.3 is 14.8 Å². The number of amides is 1. The van der Waals surface area contributed by atoms with Crippen molar-refractivity contribution in [3.8, 4) is 11.5 Å². The zero-order valence-electron chi connectivity index (χ0n) is 13.2. The lowest BCUT2D eigenvalue weighted by Crippen LogP contribution is -2.24. The zero-order chi connectivity index (χ0) is 18.4. The third kappa shape index (κ3) is 5.67. The van der Waals surface area contributed by atoms with Gasteiger partial charge in [0, 0.05) is 6.54 Å². The maximum Gasteiger partial charge on any atom is 0.387 e. The second-order valence-electron chi connectivity index (χ2n) is 5.07. The monoisotopic (exact) mass is 417 g/mol. The average molecular weight is 418 g/mol. The number of halogens is 4. The van der Waals surface area contributed by atoms with Crippen LogP contribution in [0.5, 0.6) is 11.5 Å². The van der Waals surface area contributed by atoms with Gasteiger partial charge in [-0.15, -0.1) is 0 Å². The standard InChI is InChI=1S/C17H15BrF3NO3/c1-24-15-7-11(3-5-14(15)25-17(20)21)9-22-16(23)8-10-2-4-13(19)12(18)6-10/h2-7,17H,8-9H2,1H3,(H,22,23). The van der Waals surface area contributed by atoms with Gasteiger partial charge in [0.2, 0.25) is 5.91 Å². The van der Waals surface area contributed by atoms with Gasteiger partial charge in [0.1, 0.15) is 5.82 Å². The van der Waals surface area contributed by atoms with Crippen molar-refractivity contribution in [3.05, 3.63) is 57.8 Å². The Morgan fingerprint density at radius 2 is 1.88 bits per heavy atom. The lowest BCUT2D eigenvalue weighted by molar-refractivity contribution is -0.120. The number of nitrogens with one attached hydrogen (secondary N) is 1. The summed E-state index contributed by atoms with van der Waals surface area (Å²) in [6.07, 6.45) is 0.0859. The molecule has 1 amide bonds. The Balaban J connectivity index is 1.95. The highest BCUT2D eigenvalue weighted by atomic mass is 79.9. The predicted molar refractivity (Wildman–Crippen MR) is 89.3 cm³/mol. The fraction of sp³-hybridized carbons (Fsp3) is 0.235. The first kappa shape index (κ1) is 19.1. The Kier molecular flexibility index (Phi) is 6.69. The number of hydrogen-bond acceptors (Lipinski definition) is 3. The first-order valence-corrected chi connectivity index (χ1v) is 8.00. The average Bonchev–Trinajstić information content (AvgIpc) is 2.57. The van der Waals surface area contributed by atoms with Crippen molar-refractivity contribution < 1.29 is 27.4 Å². The van der Waals surface area contributed by atoms with Crippen molar-refractivity contribution in [1.82, 2.24) is 5.32 Å². The van der Waals surface area contributed by atoms with Crippen molar-refractivity contribution in [2.75, 3.05) is 7.11 Å². The quantitative estimate of drug-likeness (QED) is 0.738. The molecule has 0 saturated carbocycles. The van der Waals surface area contributed by atoms with Gasteiger partial charge in [-0.2, -0.15) is 8.78 Å². The van der Waals surface area contributed by atoms with Gasteiger partial charge in [0.25, 0.3) is 0 Å². The molecule has 8 heteroatoms. The Morgan fingerprint density at radius 3 is 2.52 bits per heavy atom. The SMILES string of the molecule is COc1cc(CNC(=O)Cc2ccc(F)c(Br)c2)ccc1OC(F)F. The van der Waals surface area contributed by atoms with Crippen LogP contribution >= 0.6 is 15.9 Å². The lowest BCUT2D eigenvalue weighted by atomic mass is 10.1. The van der Waals surface area contributed by atoms with Crippen LogP contribution in [0, 0.1) is 5.82 Å². The molecule has 0 heterocycles. The lowest BCUT2D eigenvalue weighted by Gasteiger charge is -2.12. The molecule has 2 aromatic carbocycles. The topological polar surface area (TPSA) is 47.6 Å². The Hall–Kier alpha value is -2.22. The highest BCUT2D eigenvalue weighted by Crippen LogP contribution is 2.29. The molecule has 1 N–H and O–H groups in total. The molecule has 0 radical (unpaired) electrons. The number of hydrogen-bond donors (Lipinski definition) is 1. The van der Waals surface area contributed by atoms with Crippen LogP contribution in [0.4, 0.5) is 13.2 Å². The second kappa shape index (κ2) is 8.75. The van der Waals surface area contributed by atoms with Crippen molar-refractivity contribution in [1.29, 1.82) is 0 Å². The van der Waals surface area contributed by atoms with Gasteiger partial charge in [-0.3, -0.25) is 4.79 Å². The summed E-state index contributed by atoms with van der Waals surface area (Å²) in [5.74, 6) is -0.592. The summed E-state index contributed by atoms with van der Waals surface area (Å²) in [7, 11) is 1.34. The third-order valence-electron chi connectivity index (χ3n) is 3.28. The smallest absolute Gasteiger partial charge is 0.387 e. The maximum absolute atomic E-state index is 13.2. The van der Waals surface area contributed by atoms with Crippen molar-refractivity contribution >= 4 is 21.8 Å². The summed E-state index contributed by atoms with van der Waals surface area (Å²) in [5, 5.41) is 2.70. The van der Waals surface area contributed by atoms with E-state index in [1.165, 1.54) is 37.4 Å². The van der Waals surface area contributed by atoms with E-state index in [0.29, 0.717) is 11.1 Å². The van der Waals surface area contributed by atoms with Crippen molar-refractivity contribution in [2.45, 2.75) is 19.6 Å². The van der Waals surface area contributed by atoms with Crippen molar-refractivity contribution in [2.24, 2.45) is 0 Å². The molecule has 0 atom stereocenters. The third-order valence-corrected chi connectivity index (χ3v) is 3.89. The largest absolute Gasteiger partial charge is 0.493 e. The Labute approximate surface area is 151 Å². The normalized spacial score (nSPS) is 10.6. The van der Waals surface area contributed by atoms with Gasteiger partial charge in [-0.25, -0.2) is 4.39 Å². The number of methoxy groups -OCH3 is 1. The molecule has 0 aromatic heterocycles. The van der Waals surface area contributed by atoms with E-state index in [1.807, 2.05) is 0 Å². The molecule has 0 aliphatic carbocycles. The minimum absolute atomic E-state index is 0.0799. The van der Waals surface area contributed by atoms with Crippen LogP contribution in [-0.4, -0.2) is 19.6 Å². The van der Waals surface area contributed by atoms with Crippen LogP contribution in [0.3, 0.4) is 0 Å². The number of ether oxygens (including phenoxy) is 2. The van der Waals surface area contributed by atoms with E-state index in [1.54, 1.807) is 6.07 Å². The van der Waals surface area contributed by atoms with Gasteiger partial charge in [0.15, 0.2) is 11.5 Å². The first-order chi connectivity index (χ1) is 11.9. The molecule has 0 spiro atoms. The zero-order valence-corrected chi connectivity index (χ0v) is 14.8. The van der Waals surface area contributed by atoms with E-state index in [-0.39, 0.29) is 34.8 Å². The number of benzene rings is 2. The van der Waals surface area contributed by atoms with E-state index in [4.69, 9.17) is 4.74 Å². The van der Waals surface area contributed by atoms with Crippen LogP contribution in [0.15, 0.2) is 40.9 Å². The van der Waals surface area contributed by atoms with E-state index < -0.39 is 12.4 Å². The van der Waals surface area contributed by atoms with E-state index in [0.717, 1.165) is 0 Å². The minimum Gasteiger partial charge on any atom is -0.493 e. The summed E-state index contributed by atoms with van der Waals surface area (Å²) in [4.78, 5) is 12.0. The minimum atomic E-state index is -2.95. The van der Waals surface area contributed by atoms with Crippen LogP contribution < -0.4 is 14.8 Å². The molecule has 0 unspecified atom stereocenters. The van der Waals surface area contributed by atoms with Crippen molar-refractivity contribution in [3.63, 3.8) is 0 Å². The summed E-state index contributed by atoms with van der Waals surface area (Å²) < 4.78 is 47.4. The molecule has 2 rings (SSSR count). The Bertz CT molecular complexity index is 756. The molecule has 25 heavy (non-hydrogen) atoms. The van der Waals surface area contributed by atoms with Crippen LogP contribution in [0.25, 0.3) is 0 Å². The number of carbonyl (C=O) groups excluding carboxylic acids is 1. The van der Waals surface area contributed by atoms with Gasteiger partial charge in [-0.05, 0) is 51.3 Å². The molecule has 0 bridgehead atoms. The fourth-order valence-corrected chi connectivity index (χ4v) is 2.54. The predicted octanol–water partition coefficient (Wildman–Crippen LogP) is 4.06. The summed E-state index contributed by atoms with van der Waals surface area (Å²) in [5.41, 5.74) is 1.32. The number of alkyl halides is 2.